The van der Waals surface area contributed by atoms with Gasteiger partial charge in [-0.1, -0.05) is 17.8 Å². The normalized spacial score (nSPS) is 10.6. The predicted molar refractivity (Wildman–Crippen MR) is 134 cm³/mol. The Morgan fingerprint density at radius 3 is 2.49 bits per heavy atom. The molecule has 3 aromatic rings. The molecular formula is C23H25N5O5S2. The number of thioether (sulfide) groups is 1. The molecule has 0 fully saturated rings. The van der Waals surface area contributed by atoms with Crippen molar-refractivity contribution in [3.8, 4) is 11.4 Å². The van der Waals surface area contributed by atoms with Gasteiger partial charge >= 0.3 is 11.9 Å². The molecule has 0 aromatic carbocycles. The molecule has 3 rings (SSSR count). The second-order valence-corrected chi connectivity index (χ2v) is 8.94. The minimum absolute atomic E-state index is 0.000422. The molecule has 35 heavy (non-hydrogen) atoms. The quantitative estimate of drug-likeness (QED) is 0.229. The molecule has 3 aromatic heterocycles. The van der Waals surface area contributed by atoms with Crippen molar-refractivity contribution >= 4 is 45.9 Å². The molecule has 0 bridgehead atoms. The van der Waals surface area contributed by atoms with E-state index in [4.69, 9.17) is 9.47 Å². The van der Waals surface area contributed by atoms with Crippen molar-refractivity contribution in [1.82, 2.24) is 19.7 Å². The maximum atomic E-state index is 12.8. The van der Waals surface area contributed by atoms with Gasteiger partial charge in [0.2, 0.25) is 5.91 Å². The maximum Gasteiger partial charge on any atom is 0.348 e. The van der Waals surface area contributed by atoms with Gasteiger partial charge in [-0.05, 0) is 38.5 Å². The van der Waals surface area contributed by atoms with Gasteiger partial charge in [0.25, 0.3) is 0 Å². The molecule has 0 aliphatic heterocycles. The fourth-order valence-corrected chi connectivity index (χ4v) is 4.99. The topological polar surface area (TPSA) is 125 Å². The van der Waals surface area contributed by atoms with Crippen LogP contribution in [0.3, 0.4) is 0 Å². The highest BCUT2D eigenvalue weighted by Crippen LogP contribution is 2.34. The summed E-state index contributed by atoms with van der Waals surface area (Å²) in [5.74, 6) is -0.924. The summed E-state index contributed by atoms with van der Waals surface area (Å²) in [6, 6.07) is 3.64. The highest BCUT2D eigenvalue weighted by molar-refractivity contribution is 7.99. The van der Waals surface area contributed by atoms with Crippen molar-refractivity contribution in [2.75, 3.05) is 24.3 Å². The standard InChI is InChI=1S/C23H25N5O5S2/c1-5-12-28-19(15-8-10-24-11-9-15)26-27-23(28)34-13-16(29)25-20-17(21(30)32-6-2)14(4)18(35-20)22(31)33-7-3/h5,8-11H,1,6-7,12-13H2,2-4H3,(H,25,29). The van der Waals surface area contributed by atoms with E-state index in [-0.39, 0.29) is 40.3 Å². The number of amides is 1. The predicted octanol–water partition coefficient (Wildman–Crippen LogP) is 3.98. The zero-order chi connectivity index (χ0) is 25.4. The largest absolute Gasteiger partial charge is 0.462 e. The van der Waals surface area contributed by atoms with Crippen LogP contribution in [0.25, 0.3) is 11.4 Å². The van der Waals surface area contributed by atoms with E-state index in [0.29, 0.717) is 23.1 Å². The number of carbonyl (C=O) groups is 3. The minimum Gasteiger partial charge on any atom is -0.462 e. The molecule has 0 atom stereocenters. The molecule has 3 heterocycles. The van der Waals surface area contributed by atoms with Gasteiger partial charge in [-0.15, -0.1) is 28.1 Å². The number of hydrogen-bond donors (Lipinski definition) is 1. The number of carbonyl (C=O) groups excluding carboxylic acids is 3. The van der Waals surface area contributed by atoms with E-state index in [1.807, 2.05) is 16.7 Å². The first-order valence-corrected chi connectivity index (χ1v) is 12.6. The average molecular weight is 516 g/mol. The van der Waals surface area contributed by atoms with Gasteiger partial charge < -0.3 is 14.8 Å². The SMILES string of the molecule is C=CCn1c(SCC(=O)Nc2sc(C(=O)OCC)c(C)c2C(=O)OCC)nnc1-c1ccncc1. The molecule has 0 saturated heterocycles. The van der Waals surface area contributed by atoms with Gasteiger partial charge in [-0.3, -0.25) is 14.3 Å². The Kier molecular flexibility index (Phi) is 9.15. The first-order chi connectivity index (χ1) is 16.9. The molecule has 0 aliphatic carbocycles. The Balaban J connectivity index is 1.79. The Morgan fingerprint density at radius 1 is 1.14 bits per heavy atom. The number of nitrogens with zero attached hydrogens (tertiary/aromatic N) is 4. The number of anilines is 1. The van der Waals surface area contributed by atoms with Crippen LogP contribution < -0.4 is 5.32 Å². The highest BCUT2D eigenvalue weighted by Gasteiger charge is 2.27. The van der Waals surface area contributed by atoms with Crippen molar-refractivity contribution in [3.63, 3.8) is 0 Å². The zero-order valence-electron chi connectivity index (χ0n) is 19.6. The Morgan fingerprint density at radius 2 is 1.83 bits per heavy atom. The van der Waals surface area contributed by atoms with E-state index in [9.17, 15) is 14.4 Å². The van der Waals surface area contributed by atoms with Crippen molar-refractivity contribution in [2.24, 2.45) is 0 Å². The van der Waals surface area contributed by atoms with E-state index in [1.165, 1.54) is 11.8 Å². The van der Waals surface area contributed by atoms with Crippen molar-refractivity contribution in [1.29, 1.82) is 0 Å². The number of ether oxygens (including phenoxy) is 2. The second-order valence-electron chi connectivity index (χ2n) is 6.98. The average Bonchev–Trinajstić information content (AvgIpc) is 3.39. The van der Waals surface area contributed by atoms with Gasteiger partial charge in [0, 0.05) is 24.5 Å². The number of allylic oxidation sites excluding steroid dienone is 1. The third-order valence-corrected chi connectivity index (χ3v) is 6.79. The van der Waals surface area contributed by atoms with Crippen molar-refractivity contribution in [3.05, 3.63) is 53.2 Å². The van der Waals surface area contributed by atoms with Crippen LogP contribution in [0.4, 0.5) is 5.00 Å². The number of thiophene rings is 1. The number of rotatable bonds is 11. The minimum atomic E-state index is -0.618. The third-order valence-electron chi connectivity index (χ3n) is 4.64. The Labute approximate surface area is 210 Å². The molecule has 10 nitrogen and oxygen atoms in total. The molecule has 0 aliphatic rings. The maximum absolute atomic E-state index is 12.8. The number of hydrogen-bond acceptors (Lipinski definition) is 10. The molecule has 184 valence electrons. The fourth-order valence-electron chi connectivity index (χ4n) is 3.14. The Bertz CT molecular complexity index is 1220. The smallest absolute Gasteiger partial charge is 0.348 e. The number of aromatic nitrogens is 4. The van der Waals surface area contributed by atoms with Crippen LogP contribution >= 0.6 is 23.1 Å². The first kappa shape index (κ1) is 26.1. The number of nitrogens with one attached hydrogen (secondary N) is 1. The molecular weight excluding hydrogens is 490 g/mol. The summed E-state index contributed by atoms with van der Waals surface area (Å²) in [6.07, 6.45) is 5.05. The van der Waals surface area contributed by atoms with Crippen molar-refractivity contribution < 1.29 is 23.9 Å². The van der Waals surface area contributed by atoms with Crippen LogP contribution in [0.1, 0.15) is 39.4 Å². The Hall–Kier alpha value is -3.51. The van der Waals surface area contributed by atoms with Crippen LogP contribution in [0.15, 0.2) is 42.3 Å². The lowest BCUT2D eigenvalue weighted by molar-refractivity contribution is -0.113. The third kappa shape index (κ3) is 6.14. The summed E-state index contributed by atoms with van der Waals surface area (Å²) in [5.41, 5.74) is 1.39. The van der Waals surface area contributed by atoms with Gasteiger partial charge in [0.1, 0.15) is 9.88 Å². The summed E-state index contributed by atoms with van der Waals surface area (Å²) < 4.78 is 12.0. The van der Waals surface area contributed by atoms with Crippen LogP contribution in [0.2, 0.25) is 0 Å². The lowest BCUT2D eigenvalue weighted by atomic mass is 10.1. The lowest BCUT2D eigenvalue weighted by Gasteiger charge is -2.08. The van der Waals surface area contributed by atoms with E-state index in [0.717, 1.165) is 16.9 Å². The van der Waals surface area contributed by atoms with Crippen molar-refractivity contribution in [2.45, 2.75) is 32.5 Å². The van der Waals surface area contributed by atoms with Crippen LogP contribution in [0, 0.1) is 6.92 Å². The first-order valence-electron chi connectivity index (χ1n) is 10.8. The van der Waals surface area contributed by atoms with E-state index >= 15 is 0 Å². The summed E-state index contributed by atoms with van der Waals surface area (Å²) in [6.45, 7) is 9.58. The fraction of sp³-hybridized carbons (Fsp3) is 0.304. The molecule has 0 saturated carbocycles. The van der Waals surface area contributed by atoms with E-state index in [1.54, 1.807) is 39.2 Å². The second kappa shape index (κ2) is 12.3. The van der Waals surface area contributed by atoms with Gasteiger partial charge in [0.15, 0.2) is 11.0 Å². The summed E-state index contributed by atoms with van der Waals surface area (Å²) in [5, 5.41) is 12.0. The number of esters is 2. The van der Waals surface area contributed by atoms with E-state index < -0.39 is 11.9 Å². The molecule has 1 N–H and O–H groups in total. The van der Waals surface area contributed by atoms with Gasteiger partial charge in [0.05, 0.1) is 24.5 Å². The number of pyridine rings is 1. The highest BCUT2D eigenvalue weighted by atomic mass is 32.2. The summed E-state index contributed by atoms with van der Waals surface area (Å²) in [7, 11) is 0. The van der Waals surface area contributed by atoms with E-state index in [2.05, 4.69) is 27.1 Å². The molecule has 0 radical (unpaired) electrons. The summed E-state index contributed by atoms with van der Waals surface area (Å²) in [4.78, 5) is 41.9. The van der Waals surface area contributed by atoms with Crippen LogP contribution in [-0.4, -0.2) is 56.6 Å². The van der Waals surface area contributed by atoms with Gasteiger partial charge in [-0.25, -0.2) is 9.59 Å². The molecule has 0 spiro atoms. The molecule has 1 amide bonds. The van der Waals surface area contributed by atoms with Gasteiger partial charge in [-0.2, -0.15) is 0 Å². The summed E-state index contributed by atoms with van der Waals surface area (Å²) >= 11 is 2.17. The molecule has 12 heteroatoms. The lowest BCUT2D eigenvalue weighted by Crippen LogP contribution is -2.17. The van der Waals surface area contributed by atoms with Crippen LogP contribution in [0.5, 0.6) is 0 Å². The molecule has 0 unspecified atom stereocenters. The van der Waals surface area contributed by atoms with Crippen LogP contribution in [-0.2, 0) is 20.8 Å². The monoisotopic (exact) mass is 515 g/mol. The zero-order valence-corrected chi connectivity index (χ0v) is 21.2.